The minimum absolute atomic E-state index is 0.0123. The lowest BCUT2D eigenvalue weighted by atomic mass is 9.75. The standard InChI is InChI=1S/C11H12N2O4/c12-10(14)5-11(6-17-7-11)8-2-1-3-9(4-8)13(15)16/h1-4H,5-7H2,(H2,12,14). The summed E-state index contributed by atoms with van der Waals surface area (Å²) in [5, 5.41) is 10.7. The molecule has 1 fully saturated rings. The van der Waals surface area contributed by atoms with Crippen molar-refractivity contribution in [3.8, 4) is 0 Å². The molecule has 2 rings (SSSR count). The van der Waals surface area contributed by atoms with Gasteiger partial charge in [0.05, 0.1) is 23.6 Å². The van der Waals surface area contributed by atoms with Gasteiger partial charge in [-0.05, 0) is 5.56 Å². The van der Waals surface area contributed by atoms with Crippen LogP contribution in [-0.2, 0) is 14.9 Å². The summed E-state index contributed by atoms with van der Waals surface area (Å²) in [5.41, 5.74) is 5.45. The van der Waals surface area contributed by atoms with E-state index in [1.54, 1.807) is 12.1 Å². The first-order valence-corrected chi connectivity index (χ1v) is 5.14. The number of primary amides is 1. The molecule has 1 saturated heterocycles. The van der Waals surface area contributed by atoms with Crippen LogP contribution in [0.2, 0.25) is 0 Å². The molecule has 1 aliphatic rings. The second-order valence-electron chi connectivity index (χ2n) is 4.22. The van der Waals surface area contributed by atoms with Crippen LogP contribution in [-0.4, -0.2) is 24.0 Å². The number of hydrogen-bond donors (Lipinski definition) is 1. The highest BCUT2D eigenvalue weighted by atomic mass is 16.6. The molecule has 1 aromatic carbocycles. The Kier molecular flexibility index (Phi) is 2.81. The number of nitro benzene ring substituents is 1. The molecule has 0 radical (unpaired) electrons. The predicted octanol–water partition coefficient (Wildman–Crippen LogP) is 0.738. The van der Waals surface area contributed by atoms with Crippen molar-refractivity contribution in [2.45, 2.75) is 11.8 Å². The summed E-state index contributed by atoms with van der Waals surface area (Å²) in [7, 11) is 0. The molecule has 1 heterocycles. The van der Waals surface area contributed by atoms with E-state index in [9.17, 15) is 14.9 Å². The van der Waals surface area contributed by atoms with Gasteiger partial charge in [-0.15, -0.1) is 0 Å². The Bertz CT molecular complexity index is 468. The number of non-ortho nitro benzene ring substituents is 1. The number of benzene rings is 1. The first-order valence-electron chi connectivity index (χ1n) is 5.14. The number of hydrogen-bond acceptors (Lipinski definition) is 4. The molecule has 0 aliphatic carbocycles. The maximum atomic E-state index is 11.0. The van der Waals surface area contributed by atoms with Crippen LogP contribution in [0.25, 0.3) is 0 Å². The zero-order chi connectivity index (χ0) is 12.5. The molecule has 0 saturated carbocycles. The lowest BCUT2D eigenvalue weighted by molar-refractivity contribution is -0.385. The van der Waals surface area contributed by atoms with Gasteiger partial charge in [0.1, 0.15) is 0 Å². The number of nitrogens with zero attached hydrogens (tertiary/aromatic N) is 1. The van der Waals surface area contributed by atoms with E-state index in [1.165, 1.54) is 12.1 Å². The lowest BCUT2D eigenvalue weighted by Gasteiger charge is -2.41. The SMILES string of the molecule is NC(=O)CC1(c2cccc([N+](=O)[O-])c2)COC1. The summed E-state index contributed by atoms with van der Waals surface area (Å²) in [6.07, 6.45) is 0.147. The highest BCUT2D eigenvalue weighted by Gasteiger charge is 2.42. The van der Waals surface area contributed by atoms with Gasteiger partial charge in [0.15, 0.2) is 0 Å². The van der Waals surface area contributed by atoms with Crippen LogP contribution in [0.15, 0.2) is 24.3 Å². The average Bonchev–Trinajstić information content (AvgIpc) is 2.23. The third kappa shape index (κ3) is 2.12. The van der Waals surface area contributed by atoms with Gasteiger partial charge in [0.25, 0.3) is 5.69 Å². The zero-order valence-electron chi connectivity index (χ0n) is 9.09. The first-order chi connectivity index (χ1) is 8.03. The fraction of sp³-hybridized carbons (Fsp3) is 0.364. The second kappa shape index (κ2) is 4.14. The van der Waals surface area contributed by atoms with E-state index >= 15 is 0 Å². The van der Waals surface area contributed by atoms with Gasteiger partial charge in [0, 0.05) is 18.6 Å². The lowest BCUT2D eigenvalue weighted by Crippen LogP contribution is -2.49. The normalized spacial score (nSPS) is 17.2. The molecule has 0 spiro atoms. The van der Waals surface area contributed by atoms with Crippen LogP contribution < -0.4 is 5.73 Å². The third-order valence-electron chi connectivity index (χ3n) is 2.94. The van der Waals surface area contributed by atoms with Crippen LogP contribution in [0.1, 0.15) is 12.0 Å². The maximum absolute atomic E-state index is 11.0. The van der Waals surface area contributed by atoms with E-state index in [-0.39, 0.29) is 12.1 Å². The van der Waals surface area contributed by atoms with Crippen molar-refractivity contribution in [2.24, 2.45) is 5.73 Å². The highest BCUT2D eigenvalue weighted by Crippen LogP contribution is 2.36. The summed E-state index contributed by atoms with van der Waals surface area (Å²) in [6.45, 7) is 0.744. The molecule has 90 valence electrons. The minimum atomic E-state index is -0.488. The number of carbonyl (C=O) groups excluding carboxylic acids is 1. The number of carbonyl (C=O) groups is 1. The van der Waals surface area contributed by atoms with E-state index in [1.807, 2.05) is 0 Å². The Hall–Kier alpha value is -1.95. The van der Waals surface area contributed by atoms with Gasteiger partial charge in [-0.2, -0.15) is 0 Å². The molecule has 1 amide bonds. The fourth-order valence-electron chi connectivity index (χ4n) is 2.00. The molecule has 0 atom stereocenters. The summed E-state index contributed by atoms with van der Waals surface area (Å²) >= 11 is 0. The van der Waals surface area contributed by atoms with Gasteiger partial charge in [-0.1, -0.05) is 12.1 Å². The van der Waals surface area contributed by atoms with Crippen molar-refractivity contribution in [3.63, 3.8) is 0 Å². The van der Waals surface area contributed by atoms with Crippen molar-refractivity contribution in [2.75, 3.05) is 13.2 Å². The molecule has 0 unspecified atom stereocenters. The number of nitro groups is 1. The molecule has 6 heteroatoms. The molecule has 2 N–H and O–H groups in total. The Morgan fingerprint density at radius 1 is 1.53 bits per heavy atom. The molecule has 1 aliphatic heterocycles. The summed E-state index contributed by atoms with van der Waals surface area (Å²) in [6, 6.07) is 6.26. The molecule has 6 nitrogen and oxygen atoms in total. The first kappa shape index (κ1) is 11.5. The average molecular weight is 236 g/mol. The van der Waals surface area contributed by atoms with Crippen LogP contribution in [0, 0.1) is 10.1 Å². The van der Waals surface area contributed by atoms with Crippen molar-refractivity contribution in [3.05, 3.63) is 39.9 Å². The Balaban J connectivity index is 2.34. The smallest absolute Gasteiger partial charge is 0.269 e. The van der Waals surface area contributed by atoms with Gasteiger partial charge < -0.3 is 10.5 Å². The largest absolute Gasteiger partial charge is 0.379 e. The van der Waals surface area contributed by atoms with Gasteiger partial charge in [-0.3, -0.25) is 14.9 Å². The molecule has 1 aromatic rings. The highest BCUT2D eigenvalue weighted by molar-refractivity contribution is 5.76. The quantitative estimate of drug-likeness (QED) is 0.616. The number of amides is 1. The molecular formula is C11H12N2O4. The number of rotatable bonds is 4. The fourth-order valence-corrected chi connectivity index (χ4v) is 2.00. The van der Waals surface area contributed by atoms with Crippen LogP contribution in [0.4, 0.5) is 5.69 Å². The monoisotopic (exact) mass is 236 g/mol. The van der Waals surface area contributed by atoms with Crippen molar-refractivity contribution in [1.82, 2.24) is 0 Å². The minimum Gasteiger partial charge on any atom is -0.379 e. The van der Waals surface area contributed by atoms with Crippen LogP contribution >= 0.6 is 0 Å². The molecule has 0 bridgehead atoms. The van der Waals surface area contributed by atoms with E-state index < -0.39 is 16.2 Å². The summed E-state index contributed by atoms with van der Waals surface area (Å²) in [5.74, 6) is -0.431. The topological polar surface area (TPSA) is 95.5 Å². The summed E-state index contributed by atoms with van der Waals surface area (Å²) in [4.78, 5) is 21.3. The molecular weight excluding hydrogens is 224 g/mol. The molecule has 17 heavy (non-hydrogen) atoms. The number of nitrogens with two attached hydrogens (primary N) is 1. The van der Waals surface area contributed by atoms with E-state index in [0.29, 0.717) is 13.2 Å². The van der Waals surface area contributed by atoms with Crippen LogP contribution in [0.5, 0.6) is 0 Å². The van der Waals surface area contributed by atoms with Crippen LogP contribution in [0.3, 0.4) is 0 Å². The second-order valence-corrected chi connectivity index (χ2v) is 4.22. The molecule has 0 aromatic heterocycles. The van der Waals surface area contributed by atoms with Gasteiger partial charge >= 0.3 is 0 Å². The Labute approximate surface area is 97.5 Å². The van der Waals surface area contributed by atoms with Crippen molar-refractivity contribution < 1.29 is 14.5 Å². The van der Waals surface area contributed by atoms with E-state index in [0.717, 1.165) is 5.56 Å². The van der Waals surface area contributed by atoms with Crippen molar-refractivity contribution in [1.29, 1.82) is 0 Å². The van der Waals surface area contributed by atoms with E-state index in [4.69, 9.17) is 10.5 Å². The zero-order valence-corrected chi connectivity index (χ0v) is 9.09. The Morgan fingerprint density at radius 2 is 2.24 bits per heavy atom. The Morgan fingerprint density at radius 3 is 2.71 bits per heavy atom. The van der Waals surface area contributed by atoms with Gasteiger partial charge in [0.2, 0.25) is 5.91 Å². The maximum Gasteiger partial charge on any atom is 0.269 e. The number of ether oxygens (including phenoxy) is 1. The third-order valence-corrected chi connectivity index (χ3v) is 2.94. The predicted molar refractivity (Wildman–Crippen MR) is 59.4 cm³/mol. The van der Waals surface area contributed by atoms with Crippen molar-refractivity contribution >= 4 is 11.6 Å². The van der Waals surface area contributed by atoms with Gasteiger partial charge in [-0.25, -0.2) is 0 Å². The summed E-state index contributed by atoms with van der Waals surface area (Å²) < 4.78 is 5.12. The van der Waals surface area contributed by atoms with E-state index in [2.05, 4.69) is 0 Å².